The van der Waals surface area contributed by atoms with Crippen molar-refractivity contribution < 1.29 is 18.4 Å². The van der Waals surface area contributed by atoms with Crippen molar-refractivity contribution in [3.63, 3.8) is 0 Å². The lowest BCUT2D eigenvalue weighted by Crippen LogP contribution is -2.47. The molecule has 1 atom stereocenters. The van der Waals surface area contributed by atoms with Crippen LogP contribution in [0, 0.1) is 17.6 Å². The van der Waals surface area contributed by atoms with Crippen LogP contribution in [0.25, 0.3) is 0 Å². The van der Waals surface area contributed by atoms with Crippen LogP contribution in [0.15, 0.2) is 36.5 Å². The van der Waals surface area contributed by atoms with E-state index in [1.165, 1.54) is 0 Å². The zero-order valence-electron chi connectivity index (χ0n) is 15.6. The first kappa shape index (κ1) is 20.3. The summed E-state index contributed by atoms with van der Waals surface area (Å²) in [4.78, 5) is 30.8. The van der Waals surface area contributed by atoms with Gasteiger partial charge in [0, 0.05) is 14.1 Å². The Kier molecular flexibility index (Phi) is 6.44. The standard InChI is InChI=1S/C19H22F2N4O2/c1-11(2)17(24-18(26)16-13(20)6-5-7-14(16)21)19(27)23-15-9-8-12(10-22-15)25(3)4/h5-11,17H,1-4H3,(H,24,26)(H,22,23,27)/t17-/m1/s1. The average molecular weight is 376 g/mol. The van der Waals surface area contributed by atoms with Crippen LogP contribution in [0.1, 0.15) is 24.2 Å². The van der Waals surface area contributed by atoms with Crippen molar-refractivity contribution in [1.29, 1.82) is 0 Å². The Hall–Kier alpha value is -3.03. The molecule has 0 unspecified atom stereocenters. The first-order chi connectivity index (χ1) is 12.7. The first-order valence-electron chi connectivity index (χ1n) is 8.39. The van der Waals surface area contributed by atoms with Gasteiger partial charge in [-0.15, -0.1) is 0 Å². The second-order valence-electron chi connectivity index (χ2n) is 6.58. The molecule has 1 aromatic carbocycles. The molecule has 0 saturated heterocycles. The molecule has 1 aromatic heterocycles. The van der Waals surface area contributed by atoms with E-state index in [-0.39, 0.29) is 5.92 Å². The molecule has 1 heterocycles. The predicted molar refractivity (Wildman–Crippen MR) is 99.6 cm³/mol. The Morgan fingerprint density at radius 3 is 2.19 bits per heavy atom. The third-order valence-corrected chi connectivity index (χ3v) is 3.94. The maximum atomic E-state index is 13.8. The summed E-state index contributed by atoms with van der Waals surface area (Å²) in [7, 11) is 3.73. The van der Waals surface area contributed by atoms with Gasteiger partial charge in [-0.05, 0) is 30.2 Å². The van der Waals surface area contributed by atoms with Crippen molar-refractivity contribution in [2.75, 3.05) is 24.3 Å². The van der Waals surface area contributed by atoms with Gasteiger partial charge in [-0.25, -0.2) is 13.8 Å². The number of benzene rings is 1. The summed E-state index contributed by atoms with van der Waals surface area (Å²) in [6.45, 7) is 3.43. The number of hydrogen-bond acceptors (Lipinski definition) is 4. The first-order valence-corrected chi connectivity index (χ1v) is 8.39. The number of anilines is 2. The third-order valence-electron chi connectivity index (χ3n) is 3.94. The Morgan fingerprint density at radius 1 is 1.07 bits per heavy atom. The van der Waals surface area contributed by atoms with Crippen LogP contribution in [0.2, 0.25) is 0 Å². The largest absolute Gasteiger partial charge is 0.376 e. The number of halogens is 2. The number of hydrogen-bond donors (Lipinski definition) is 2. The number of carbonyl (C=O) groups is 2. The van der Waals surface area contributed by atoms with Crippen molar-refractivity contribution in [1.82, 2.24) is 10.3 Å². The smallest absolute Gasteiger partial charge is 0.257 e. The van der Waals surface area contributed by atoms with Gasteiger partial charge in [0.25, 0.3) is 5.91 Å². The zero-order chi connectivity index (χ0) is 20.1. The van der Waals surface area contributed by atoms with Gasteiger partial charge in [0.05, 0.1) is 11.9 Å². The lowest BCUT2D eigenvalue weighted by Gasteiger charge is -2.22. The van der Waals surface area contributed by atoms with E-state index in [0.717, 1.165) is 23.9 Å². The number of pyridine rings is 1. The molecule has 6 nitrogen and oxygen atoms in total. The molecule has 2 amide bonds. The van der Waals surface area contributed by atoms with Gasteiger partial charge in [0.15, 0.2) is 0 Å². The lowest BCUT2D eigenvalue weighted by atomic mass is 10.0. The van der Waals surface area contributed by atoms with E-state index < -0.39 is 35.1 Å². The fourth-order valence-corrected chi connectivity index (χ4v) is 2.39. The molecule has 2 aromatic rings. The van der Waals surface area contributed by atoms with E-state index in [9.17, 15) is 18.4 Å². The van der Waals surface area contributed by atoms with Crippen molar-refractivity contribution in [3.8, 4) is 0 Å². The van der Waals surface area contributed by atoms with Crippen molar-refractivity contribution in [2.45, 2.75) is 19.9 Å². The minimum absolute atomic E-state index is 0.308. The van der Waals surface area contributed by atoms with Gasteiger partial charge < -0.3 is 15.5 Å². The normalized spacial score (nSPS) is 11.8. The maximum Gasteiger partial charge on any atom is 0.257 e. The van der Waals surface area contributed by atoms with Crippen LogP contribution in [0.5, 0.6) is 0 Å². The van der Waals surface area contributed by atoms with Gasteiger partial charge in [0.2, 0.25) is 5.91 Å². The molecular weight excluding hydrogens is 354 g/mol. The number of nitrogens with zero attached hydrogens (tertiary/aromatic N) is 2. The second kappa shape index (κ2) is 8.57. The monoisotopic (exact) mass is 376 g/mol. The highest BCUT2D eigenvalue weighted by atomic mass is 19.1. The fourth-order valence-electron chi connectivity index (χ4n) is 2.39. The minimum atomic E-state index is -0.994. The van der Waals surface area contributed by atoms with Gasteiger partial charge in [-0.3, -0.25) is 9.59 Å². The molecule has 0 aliphatic heterocycles. The highest BCUT2D eigenvalue weighted by Crippen LogP contribution is 2.15. The Bertz CT molecular complexity index is 803. The highest BCUT2D eigenvalue weighted by molar-refractivity contribution is 6.01. The number of carbonyl (C=O) groups excluding carboxylic acids is 2. The third kappa shape index (κ3) is 4.99. The number of amides is 2. The van der Waals surface area contributed by atoms with E-state index in [0.29, 0.717) is 5.82 Å². The van der Waals surface area contributed by atoms with E-state index in [2.05, 4.69) is 15.6 Å². The molecule has 0 radical (unpaired) electrons. The molecule has 0 fully saturated rings. The second-order valence-corrected chi connectivity index (χ2v) is 6.58. The number of aromatic nitrogens is 1. The number of nitrogens with one attached hydrogen (secondary N) is 2. The van der Waals surface area contributed by atoms with Gasteiger partial charge in [-0.2, -0.15) is 0 Å². The summed E-state index contributed by atoms with van der Waals surface area (Å²) in [5.41, 5.74) is 0.140. The Labute approximate surface area is 156 Å². The van der Waals surface area contributed by atoms with Gasteiger partial charge >= 0.3 is 0 Å². The molecule has 144 valence electrons. The van der Waals surface area contributed by atoms with Crippen LogP contribution in [-0.4, -0.2) is 36.9 Å². The average Bonchev–Trinajstić information content (AvgIpc) is 2.59. The molecular formula is C19H22F2N4O2. The van der Waals surface area contributed by atoms with Gasteiger partial charge in [-0.1, -0.05) is 19.9 Å². The van der Waals surface area contributed by atoms with Crippen LogP contribution in [0.3, 0.4) is 0 Å². The molecule has 2 N–H and O–H groups in total. The lowest BCUT2D eigenvalue weighted by molar-refractivity contribution is -0.118. The molecule has 8 heteroatoms. The summed E-state index contributed by atoms with van der Waals surface area (Å²) in [6, 6.07) is 5.55. The molecule has 0 bridgehead atoms. The molecule has 0 aliphatic carbocycles. The topological polar surface area (TPSA) is 74.3 Å². The molecule has 2 rings (SSSR count). The highest BCUT2D eigenvalue weighted by Gasteiger charge is 2.27. The minimum Gasteiger partial charge on any atom is -0.376 e. The Balaban J connectivity index is 2.14. The SMILES string of the molecule is CC(C)[C@@H](NC(=O)c1c(F)cccc1F)C(=O)Nc1ccc(N(C)C)cn1. The van der Waals surface area contributed by atoms with Crippen molar-refractivity contribution in [3.05, 3.63) is 53.7 Å². The summed E-state index contributed by atoms with van der Waals surface area (Å²) in [6.07, 6.45) is 1.59. The summed E-state index contributed by atoms with van der Waals surface area (Å²) >= 11 is 0. The summed E-state index contributed by atoms with van der Waals surface area (Å²) in [5, 5.41) is 5.00. The fraction of sp³-hybridized carbons (Fsp3) is 0.316. The van der Waals surface area contributed by atoms with Crippen molar-refractivity contribution in [2.24, 2.45) is 5.92 Å². The van der Waals surface area contributed by atoms with Gasteiger partial charge in [0.1, 0.15) is 29.1 Å². The van der Waals surface area contributed by atoms with Crippen molar-refractivity contribution >= 4 is 23.3 Å². The molecule has 0 aliphatic rings. The molecule has 0 spiro atoms. The van der Waals surface area contributed by atoms with E-state index in [1.807, 2.05) is 19.0 Å². The van der Waals surface area contributed by atoms with Crippen LogP contribution in [-0.2, 0) is 4.79 Å². The Morgan fingerprint density at radius 2 is 1.70 bits per heavy atom. The van der Waals surface area contributed by atoms with E-state index >= 15 is 0 Å². The number of rotatable bonds is 6. The van der Waals surface area contributed by atoms with Crippen LogP contribution >= 0.6 is 0 Å². The van der Waals surface area contributed by atoms with Crippen LogP contribution in [0.4, 0.5) is 20.3 Å². The van der Waals surface area contributed by atoms with E-state index in [4.69, 9.17) is 0 Å². The molecule has 0 saturated carbocycles. The maximum absolute atomic E-state index is 13.8. The van der Waals surface area contributed by atoms with Crippen LogP contribution < -0.4 is 15.5 Å². The zero-order valence-corrected chi connectivity index (χ0v) is 15.6. The van der Waals surface area contributed by atoms with E-state index in [1.54, 1.807) is 32.2 Å². The summed E-state index contributed by atoms with van der Waals surface area (Å²) in [5.74, 6) is -3.50. The summed E-state index contributed by atoms with van der Waals surface area (Å²) < 4.78 is 27.6. The quantitative estimate of drug-likeness (QED) is 0.813. The molecule has 27 heavy (non-hydrogen) atoms. The predicted octanol–water partition coefficient (Wildman–Crippen LogP) is 2.82.